The molecule has 0 radical (unpaired) electrons. The molecule has 0 spiro atoms. The number of aliphatic hydroxyl groups is 2. The Hall–Kier alpha value is 1.42. The number of aliphatic carboxylic acids is 1. The van der Waals surface area contributed by atoms with Crippen LogP contribution in [0.5, 0.6) is 0 Å². The fourth-order valence-electron chi connectivity index (χ4n) is 6.26. The van der Waals surface area contributed by atoms with E-state index >= 15 is 0 Å². The van der Waals surface area contributed by atoms with Crippen LogP contribution < -0.4 is 0 Å². The van der Waals surface area contributed by atoms with Crippen molar-refractivity contribution in [1.29, 1.82) is 0 Å². The molecule has 4 unspecified atom stereocenters. The molecule has 8 atom stereocenters. The van der Waals surface area contributed by atoms with Gasteiger partial charge in [-0.3, -0.25) is 4.79 Å². The lowest BCUT2D eigenvalue weighted by atomic mass is 9.10. The first-order valence-electron chi connectivity index (χ1n) is 5.70. The van der Waals surface area contributed by atoms with Gasteiger partial charge in [0.05, 0.1) is 0 Å². The van der Waals surface area contributed by atoms with Crippen LogP contribution in [0.2, 0.25) is 0 Å². The van der Waals surface area contributed by atoms with Crippen molar-refractivity contribution in [2.75, 3.05) is 0 Å². The Kier molecular flexibility index (Phi) is 1.84. The molecule has 6 saturated carbocycles. The number of hydrogen-bond acceptors (Lipinski definition) is 3. The summed E-state index contributed by atoms with van der Waals surface area (Å²) in [5.41, 5.74) is -2.01. The number of halogens is 7. The molecule has 0 heterocycles. The maximum atomic E-state index is 11.9. The summed E-state index contributed by atoms with van der Waals surface area (Å²) in [6, 6.07) is 0. The highest BCUT2D eigenvalue weighted by molar-refractivity contribution is 6.72. The van der Waals surface area contributed by atoms with E-state index in [-0.39, 0.29) is 0 Å². The molecule has 21 heavy (non-hydrogen) atoms. The molecule has 0 aliphatic heterocycles. The van der Waals surface area contributed by atoms with Crippen molar-refractivity contribution in [3.05, 3.63) is 0 Å². The monoisotopic (exact) mass is 432 g/mol. The number of carboxylic acid groups (broad SMARTS) is 1. The Morgan fingerprint density at radius 2 is 0.905 bits per heavy atom. The van der Waals surface area contributed by atoms with Crippen LogP contribution in [0.4, 0.5) is 0 Å². The minimum Gasteiger partial charge on any atom is -0.481 e. The van der Waals surface area contributed by atoms with Gasteiger partial charge in [-0.1, -0.05) is 0 Å². The Morgan fingerprint density at radius 1 is 0.619 bits per heavy atom. The van der Waals surface area contributed by atoms with Gasteiger partial charge in [0.2, 0.25) is 5.79 Å². The summed E-state index contributed by atoms with van der Waals surface area (Å²) in [7, 11) is 0. The Labute approximate surface area is 152 Å². The molecule has 0 aromatic rings. The highest BCUT2D eigenvalue weighted by atomic mass is 35.5. The average Bonchev–Trinajstić information content (AvgIpc) is 2.44. The van der Waals surface area contributed by atoms with Crippen LogP contribution in [0.3, 0.4) is 0 Å². The number of rotatable bonds is 1. The average molecular weight is 435 g/mol. The van der Waals surface area contributed by atoms with Gasteiger partial charge in [-0.05, 0) is 0 Å². The van der Waals surface area contributed by atoms with E-state index in [1.54, 1.807) is 0 Å². The van der Waals surface area contributed by atoms with Crippen LogP contribution in [0.25, 0.3) is 0 Å². The largest absolute Gasteiger partial charge is 0.481 e. The standard InChI is InChI=1S/C10H3Cl7O4/c11-3-2(1(18)19)4(12)6(3,14)9(17)7(3,15)5(2,13)8(4,16)10(9,20)21/h20-21H,(H,18,19)/t2?,3?,4-,5-,6-,7+,8?,9?/m1/s1. The van der Waals surface area contributed by atoms with Crippen LogP contribution in [0.1, 0.15) is 0 Å². The van der Waals surface area contributed by atoms with Crippen molar-refractivity contribution in [3.63, 3.8) is 0 Å². The topological polar surface area (TPSA) is 77.8 Å². The molecule has 0 amide bonds. The van der Waals surface area contributed by atoms with Crippen LogP contribution >= 0.6 is 81.2 Å². The minimum atomic E-state index is -2.90. The van der Waals surface area contributed by atoms with E-state index in [0.29, 0.717) is 0 Å². The van der Waals surface area contributed by atoms with Crippen LogP contribution in [0.15, 0.2) is 0 Å². The smallest absolute Gasteiger partial charge is 0.315 e. The molecule has 0 aromatic heterocycles. The van der Waals surface area contributed by atoms with E-state index < -0.39 is 51.3 Å². The Balaban J connectivity index is 2.01. The Bertz CT molecular complexity index is 692. The summed E-state index contributed by atoms with van der Waals surface area (Å²) in [5.74, 6) is -4.35. The molecule has 11 heteroatoms. The second-order valence-corrected chi connectivity index (χ2v) is 10.3. The van der Waals surface area contributed by atoms with Crippen molar-refractivity contribution in [1.82, 2.24) is 0 Å². The molecule has 4 nitrogen and oxygen atoms in total. The quantitative estimate of drug-likeness (QED) is 0.433. The Morgan fingerprint density at radius 3 is 1.24 bits per heavy atom. The van der Waals surface area contributed by atoms with Gasteiger partial charge in [0.15, 0.2) is 0 Å². The summed E-state index contributed by atoms with van der Waals surface area (Å²) in [6.45, 7) is 0. The van der Waals surface area contributed by atoms with E-state index in [1.165, 1.54) is 0 Å². The maximum absolute atomic E-state index is 11.9. The summed E-state index contributed by atoms with van der Waals surface area (Å²) >= 11 is 44.8. The first-order valence-corrected chi connectivity index (χ1v) is 8.34. The van der Waals surface area contributed by atoms with Crippen LogP contribution in [-0.4, -0.2) is 61.2 Å². The fraction of sp³-hybridized carbons (Fsp3) is 0.900. The fourth-order valence-corrected chi connectivity index (χ4v) is 12.9. The summed E-state index contributed by atoms with van der Waals surface area (Å²) in [4.78, 5) is -2.37. The van der Waals surface area contributed by atoms with Gasteiger partial charge in [-0.2, -0.15) is 0 Å². The van der Waals surface area contributed by atoms with Gasteiger partial charge >= 0.3 is 5.97 Å². The third-order valence-corrected chi connectivity index (χ3v) is 13.3. The van der Waals surface area contributed by atoms with Crippen molar-refractivity contribution in [3.8, 4) is 0 Å². The molecular weight excluding hydrogens is 432 g/mol. The van der Waals surface area contributed by atoms with Gasteiger partial charge in [0.1, 0.15) is 39.5 Å². The van der Waals surface area contributed by atoms with E-state index in [2.05, 4.69) is 0 Å². The summed E-state index contributed by atoms with van der Waals surface area (Å²) < 4.78 is 0. The van der Waals surface area contributed by atoms with Crippen molar-refractivity contribution >= 4 is 87.2 Å². The zero-order valence-electron chi connectivity index (χ0n) is 9.40. The zero-order valence-corrected chi connectivity index (χ0v) is 14.7. The predicted octanol–water partition coefficient (Wildman–Crippen LogP) is 1.65. The number of alkyl halides is 7. The number of hydrogen-bond donors (Lipinski definition) is 3. The highest BCUT2D eigenvalue weighted by Gasteiger charge is 3.38. The van der Waals surface area contributed by atoms with Crippen LogP contribution in [0, 0.1) is 5.41 Å². The second kappa shape index (κ2) is 2.62. The molecule has 3 N–H and O–H groups in total. The molecular formula is C10H3Cl7O4. The molecule has 6 aliphatic rings. The second-order valence-electron chi connectivity index (χ2n) is 6.34. The lowest BCUT2D eigenvalue weighted by molar-refractivity contribution is -0.332. The highest BCUT2D eigenvalue weighted by Crippen LogP contribution is 3.17. The zero-order chi connectivity index (χ0) is 16.1. The first kappa shape index (κ1) is 14.7. The third kappa shape index (κ3) is 0.522. The summed E-state index contributed by atoms with van der Waals surface area (Å²) in [6.07, 6.45) is 0. The molecule has 6 fully saturated rings. The summed E-state index contributed by atoms with van der Waals surface area (Å²) in [5, 5.41) is 30.6. The van der Waals surface area contributed by atoms with Gasteiger partial charge in [0, 0.05) is 0 Å². The first-order chi connectivity index (χ1) is 9.19. The normalized spacial score (nSPS) is 80.0. The van der Waals surface area contributed by atoms with E-state index in [9.17, 15) is 20.1 Å². The maximum Gasteiger partial charge on any atom is 0.315 e. The van der Waals surface area contributed by atoms with Crippen molar-refractivity contribution < 1.29 is 20.1 Å². The predicted molar refractivity (Wildman–Crippen MR) is 77.3 cm³/mol. The molecule has 6 rings (SSSR count). The SMILES string of the molecule is O=C(O)C12C3(Cl)[C@]4(Cl)C5(Cl)C(O)(O)C(Cl)([C@@]14Cl)[C@]2(Cl)[C@]53Cl. The third-order valence-electron chi connectivity index (χ3n) is 6.63. The van der Waals surface area contributed by atoms with Gasteiger partial charge in [-0.25, -0.2) is 0 Å². The minimum absolute atomic E-state index is 1.46. The van der Waals surface area contributed by atoms with Crippen molar-refractivity contribution in [2.45, 2.75) is 39.9 Å². The van der Waals surface area contributed by atoms with Gasteiger partial charge < -0.3 is 15.3 Å². The van der Waals surface area contributed by atoms with E-state index in [4.69, 9.17) is 81.2 Å². The number of carbonyl (C=O) groups is 1. The molecule has 6 aliphatic carbocycles. The van der Waals surface area contributed by atoms with Gasteiger partial charge in [0.25, 0.3) is 0 Å². The van der Waals surface area contributed by atoms with Crippen molar-refractivity contribution in [2.24, 2.45) is 5.41 Å². The lowest BCUT2D eigenvalue weighted by Gasteiger charge is -3.03. The molecule has 116 valence electrons. The molecule has 0 saturated heterocycles. The van der Waals surface area contributed by atoms with E-state index in [0.717, 1.165) is 0 Å². The van der Waals surface area contributed by atoms with Gasteiger partial charge in [-0.15, -0.1) is 81.2 Å². The van der Waals surface area contributed by atoms with Crippen LogP contribution in [-0.2, 0) is 4.79 Å². The molecule has 2 bridgehead atoms. The molecule has 0 aromatic carbocycles. The number of carboxylic acids is 1. The van der Waals surface area contributed by atoms with E-state index in [1.807, 2.05) is 0 Å². The lowest BCUT2D eigenvalue weighted by Crippen LogP contribution is -3.26.